The second kappa shape index (κ2) is 5.86. The predicted molar refractivity (Wildman–Crippen MR) is 79.1 cm³/mol. The first-order chi connectivity index (χ1) is 9.70. The Morgan fingerprint density at radius 3 is 2.65 bits per heavy atom. The molecule has 1 aromatic rings. The number of esters is 1. The third kappa shape index (κ3) is 3.14. The van der Waals surface area contributed by atoms with Crippen LogP contribution in [0.2, 0.25) is 0 Å². The lowest BCUT2D eigenvalue weighted by Gasteiger charge is -2.21. The fraction of sp³-hybridized carbons (Fsp3) is 0.588. The van der Waals surface area contributed by atoms with Gasteiger partial charge in [-0.25, -0.2) is 0 Å². The van der Waals surface area contributed by atoms with Crippen LogP contribution >= 0.6 is 0 Å². The maximum atomic E-state index is 11.8. The maximum Gasteiger partial charge on any atom is 0.306 e. The molecule has 2 aliphatic rings. The molecule has 0 aromatic heterocycles. The Hall–Kier alpha value is -1.51. The van der Waals surface area contributed by atoms with Crippen LogP contribution in [0.1, 0.15) is 37.7 Å². The van der Waals surface area contributed by atoms with Crippen molar-refractivity contribution in [1.29, 1.82) is 0 Å². The van der Waals surface area contributed by atoms with E-state index in [9.17, 15) is 4.79 Å². The largest absolute Gasteiger partial charge is 0.465 e. The van der Waals surface area contributed by atoms with Gasteiger partial charge in [0.15, 0.2) is 0 Å². The Morgan fingerprint density at radius 1 is 1.20 bits per heavy atom. The van der Waals surface area contributed by atoms with Crippen molar-refractivity contribution in [3.63, 3.8) is 0 Å². The van der Waals surface area contributed by atoms with Crippen molar-refractivity contribution in [2.24, 2.45) is 17.8 Å². The van der Waals surface area contributed by atoms with Crippen LogP contribution in [0.5, 0.6) is 0 Å². The fourth-order valence-corrected chi connectivity index (χ4v) is 3.78. The van der Waals surface area contributed by atoms with Crippen molar-refractivity contribution in [3.05, 3.63) is 29.8 Å². The van der Waals surface area contributed by atoms with Gasteiger partial charge in [-0.3, -0.25) is 4.79 Å². The molecule has 0 saturated heterocycles. The fourth-order valence-electron chi connectivity index (χ4n) is 3.78. The normalized spacial score (nSPS) is 27.7. The lowest BCUT2D eigenvalue weighted by atomic mass is 9.89. The molecule has 1 aromatic carbocycles. The Labute approximate surface area is 120 Å². The summed E-state index contributed by atoms with van der Waals surface area (Å²) in [5, 5.41) is 0. The van der Waals surface area contributed by atoms with E-state index in [4.69, 9.17) is 10.5 Å². The van der Waals surface area contributed by atoms with E-state index in [1.54, 1.807) is 0 Å². The van der Waals surface area contributed by atoms with Crippen molar-refractivity contribution in [3.8, 4) is 0 Å². The number of benzene rings is 1. The topological polar surface area (TPSA) is 52.3 Å². The molecule has 3 unspecified atom stereocenters. The Bertz CT molecular complexity index is 468. The third-order valence-electron chi connectivity index (χ3n) is 4.94. The molecule has 2 bridgehead atoms. The quantitative estimate of drug-likeness (QED) is 0.662. The van der Waals surface area contributed by atoms with Crippen molar-refractivity contribution >= 4 is 11.7 Å². The second-order valence-corrected chi connectivity index (χ2v) is 6.36. The van der Waals surface area contributed by atoms with E-state index >= 15 is 0 Å². The molecule has 0 spiro atoms. The summed E-state index contributed by atoms with van der Waals surface area (Å²) in [4.78, 5) is 11.8. The number of ether oxygens (including phenoxy) is 1. The molecule has 0 aliphatic heterocycles. The van der Waals surface area contributed by atoms with Crippen LogP contribution in [-0.4, -0.2) is 12.6 Å². The highest BCUT2D eigenvalue weighted by molar-refractivity contribution is 5.69. The first kappa shape index (κ1) is 13.5. The number of carbonyl (C=O) groups is 1. The molecule has 3 nitrogen and oxygen atoms in total. The first-order valence-electron chi connectivity index (χ1n) is 7.71. The molecule has 0 amide bonds. The number of anilines is 1. The van der Waals surface area contributed by atoms with E-state index < -0.39 is 0 Å². The zero-order valence-electron chi connectivity index (χ0n) is 11.9. The Morgan fingerprint density at radius 2 is 2.00 bits per heavy atom. The number of nitrogen functional groups attached to an aromatic ring is 1. The maximum absolute atomic E-state index is 11.8. The third-order valence-corrected chi connectivity index (χ3v) is 4.94. The number of aryl methyl sites for hydroxylation is 1. The van der Waals surface area contributed by atoms with Crippen LogP contribution < -0.4 is 5.73 Å². The van der Waals surface area contributed by atoms with Gasteiger partial charge in [-0.1, -0.05) is 18.6 Å². The molecule has 2 saturated carbocycles. The molecule has 2 N–H and O–H groups in total. The summed E-state index contributed by atoms with van der Waals surface area (Å²) in [6.07, 6.45) is 6.58. The highest BCUT2D eigenvalue weighted by Gasteiger charge is 2.39. The smallest absolute Gasteiger partial charge is 0.306 e. The van der Waals surface area contributed by atoms with Gasteiger partial charge in [0.1, 0.15) is 0 Å². The van der Waals surface area contributed by atoms with Gasteiger partial charge in [-0.05, 0) is 61.1 Å². The minimum Gasteiger partial charge on any atom is -0.465 e. The average molecular weight is 273 g/mol. The molecule has 2 fully saturated rings. The summed E-state index contributed by atoms with van der Waals surface area (Å²) in [6.45, 7) is 0.641. The van der Waals surface area contributed by atoms with Gasteiger partial charge >= 0.3 is 5.97 Å². The van der Waals surface area contributed by atoms with Crippen molar-refractivity contribution in [1.82, 2.24) is 0 Å². The number of carbonyl (C=O) groups excluding carboxylic acids is 1. The van der Waals surface area contributed by atoms with E-state index in [0.29, 0.717) is 18.9 Å². The van der Waals surface area contributed by atoms with Crippen molar-refractivity contribution < 1.29 is 9.53 Å². The molecule has 3 rings (SSSR count). The Kier molecular flexibility index (Phi) is 3.95. The van der Waals surface area contributed by atoms with E-state index in [1.165, 1.54) is 25.7 Å². The van der Waals surface area contributed by atoms with Crippen molar-refractivity contribution in [2.75, 3.05) is 12.3 Å². The van der Waals surface area contributed by atoms with Gasteiger partial charge in [0.05, 0.1) is 6.61 Å². The standard InChI is InChI=1S/C17H23NO2/c18-16-6-2-12(3-7-16)4-8-17(19)20-11-15-10-13-1-5-14(15)9-13/h2-3,6-7,13-15H,1,4-5,8-11,18H2. The minimum atomic E-state index is -0.0652. The van der Waals surface area contributed by atoms with Crippen LogP contribution in [0.3, 0.4) is 0 Å². The van der Waals surface area contributed by atoms with Gasteiger partial charge in [-0.2, -0.15) is 0 Å². The second-order valence-electron chi connectivity index (χ2n) is 6.36. The number of hydrogen-bond acceptors (Lipinski definition) is 3. The summed E-state index contributed by atoms with van der Waals surface area (Å²) < 4.78 is 5.46. The molecular weight excluding hydrogens is 250 g/mol. The van der Waals surface area contributed by atoms with Gasteiger partial charge in [0.25, 0.3) is 0 Å². The Balaban J connectivity index is 1.38. The number of hydrogen-bond donors (Lipinski definition) is 1. The number of rotatable bonds is 5. The zero-order valence-corrected chi connectivity index (χ0v) is 11.9. The molecule has 3 heteroatoms. The predicted octanol–water partition coefficient (Wildman–Crippen LogP) is 3.18. The van der Waals surface area contributed by atoms with Crippen LogP contribution in [-0.2, 0) is 16.0 Å². The zero-order chi connectivity index (χ0) is 13.9. The van der Waals surface area contributed by atoms with Gasteiger partial charge in [0, 0.05) is 12.1 Å². The van der Waals surface area contributed by atoms with Gasteiger partial charge < -0.3 is 10.5 Å². The summed E-state index contributed by atoms with van der Waals surface area (Å²) in [5.41, 5.74) is 7.53. The lowest BCUT2D eigenvalue weighted by Crippen LogP contribution is -2.19. The summed E-state index contributed by atoms with van der Waals surface area (Å²) in [5.74, 6) is 2.31. The molecular formula is C17H23NO2. The highest BCUT2D eigenvalue weighted by atomic mass is 16.5. The van der Waals surface area contributed by atoms with Crippen LogP contribution in [0.25, 0.3) is 0 Å². The monoisotopic (exact) mass is 273 g/mol. The highest BCUT2D eigenvalue weighted by Crippen LogP contribution is 2.48. The molecule has 20 heavy (non-hydrogen) atoms. The van der Waals surface area contributed by atoms with Crippen LogP contribution in [0.4, 0.5) is 5.69 Å². The van der Waals surface area contributed by atoms with Crippen LogP contribution in [0, 0.1) is 17.8 Å². The number of nitrogens with two attached hydrogens (primary N) is 1. The molecule has 108 valence electrons. The summed E-state index contributed by atoms with van der Waals surface area (Å²) in [7, 11) is 0. The summed E-state index contributed by atoms with van der Waals surface area (Å²) in [6, 6.07) is 7.68. The summed E-state index contributed by atoms with van der Waals surface area (Å²) >= 11 is 0. The van der Waals surface area contributed by atoms with Crippen molar-refractivity contribution in [2.45, 2.75) is 38.5 Å². The van der Waals surface area contributed by atoms with Crippen LogP contribution in [0.15, 0.2) is 24.3 Å². The van der Waals surface area contributed by atoms with Gasteiger partial charge in [0.2, 0.25) is 0 Å². The molecule has 0 heterocycles. The molecule has 2 aliphatic carbocycles. The molecule has 0 radical (unpaired) electrons. The minimum absolute atomic E-state index is 0.0652. The number of fused-ring (bicyclic) bond motifs is 2. The van der Waals surface area contributed by atoms with E-state index in [-0.39, 0.29) is 5.97 Å². The van der Waals surface area contributed by atoms with E-state index in [0.717, 1.165) is 29.5 Å². The molecule has 3 atom stereocenters. The van der Waals surface area contributed by atoms with E-state index in [1.807, 2.05) is 24.3 Å². The van der Waals surface area contributed by atoms with Gasteiger partial charge in [-0.15, -0.1) is 0 Å². The lowest BCUT2D eigenvalue weighted by molar-refractivity contribution is -0.145. The first-order valence-corrected chi connectivity index (χ1v) is 7.71. The SMILES string of the molecule is Nc1ccc(CCC(=O)OCC2CC3CCC2C3)cc1. The van der Waals surface area contributed by atoms with E-state index in [2.05, 4.69) is 0 Å². The average Bonchev–Trinajstić information content (AvgIpc) is 3.07.